The molecule has 0 N–H and O–H groups in total. The number of benzene rings is 1. The van der Waals surface area contributed by atoms with Crippen LogP contribution in [0.3, 0.4) is 0 Å². The molecule has 72 valence electrons. The summed E-state index contributed by atoms with van der Waals surface area (Å²) in [7, 11) is 0. The summed E-state index contributed by atoms with van der Waals surface area (Å²) in [5.41, 5.74) is 2.12. The zero-order valence-electron chi connectivity index (χ0n) is 7.94. The molecule has 0 amide bonds. The van der Waals surface area contributed by atoms with Crippen LogP contribution >= 0.6 is 0 Å². The Hall–Kier alpha value is -1.64. The maximum absolute atomic E-state index is 12.7. The molecular weight excluding hydrogens is 179 g/mol. The van der Waals surface area contributed by atoms with E-state index in [1.165, 1.54) is 22.6 Å². The van der Waals surface area contributed by atoms with E-state index in [1.54, 1.807) is 0 Å². The van der Waals surface area contributed by atoms with Crippen molar-refractivity contribution in [3.8, 4) is 5.69 Å². The molecule has 1 aromatic carbocycles. The van der Waals surface area contributed by atoms with Crippen LogP contribution in [0.25, 0.3) is 5.69 Å². The van der Waals surface area contributed by atoms with Crippen LogP contribution in [0.15, 0.2) is 36.7 Å². The highest BCUT2D eigenvalue weighted by molar-refractivity contribution is 5.34. The van der Waals surface area contributed by atoms with E-state index in [0.29, 0.717) is 0 Å². The first-order valence-corrected chi connectivity index (χ1v) is 4.59. The van der Waals surface area contributed by atoms with Crippen LogP contribution in [0, 0.1) is 5.82 Å². The molecule has 1 aromatic heterocycles. The molecule has 0 unspecified atom stereocenters. The van der Waals surface area contributed by atoms with Gasteiger partial charge in [-0.05, 0) is 24.1 Å². The largest absolute Gasteiger partial charge is 0.238 e. The van der Waals surface area contributed by atoms with Gasteiger partial charge in [0.15, 0.2) is 5.82 Å². The van der Waals surface area contributed by atoms with Crippen molar-refractivity contribution in [3.05, 3.63) is 48.0 Å². The summed E-state index contributed by atoms with van der Waals surface area (Å²) in [5, 5.41) is 3.90. The molecule has 3 heteroatoms. The van der Waals surface area contributed by atoms with Gasteiger partial charge >= 0.3 is 0 Å². The van der Waals surface area contributed by atoms with Crippen molar-refractivity contribution < 1.29 is 4.39 Å². The molecule has 14 heavy (non-hydrogen) atoms. The van der Waals surface area contributed by atoms with Gasteiger partial charge < -0.3 is 0 Å². The molecule has 0 aliphatic carbocycles. The number of aryl methyl sites for hydroxylation is 1. The smallest absolute Gasteiger partial charge is 0.161 e. The second kappa shape index (κ2) is 3.62. The summed E-state index contributed by atoms with van der Waals surface area (Å²) in [6, 6.07) is 7.91. The van der Waals surface area contributed by atoms with E-state index in [4.69, 9.17) is 0 Å². The third-order valence-corrected chi connectivity index (χ3v) is 2.13. The molecule has 0 aliphatic rings. The van der Waals surface area contributed by atoms with Crippen molar-refractivity contribution in [2.75, 3.05) is 0 Å². The fourth-order valence-electron chi connectivity index (χ4n) is 1.36. The Bertz CT molecular complexity index is 434. The van der Waals surface area contributed by atoms with Crippen molar-refractivity contribution in [1.82, 2.24) is 9.78 Å². The number of rotatable bonds is 2. The maximum Gasteiger partial charge on any atom is 0.161 e. The van der Waals surface area contributed by atoms with Gasteiger partial charge in [0.1, 0.15) is 0 Å². The van der Waals surface area contributed by atoms with Gasteiger partial charge in [0.25, 0.3) is 0 Å². The fourth-order valence-corrected chi connectivity index (χ4v) is 1.36. The van der Waals surface area contributed by atoms with E-state index in [2.05, 4.69) is 12.0 Å². The average Bonchev–Trinajstić information content (AvgIpc) is 2.65. The summed E-state index contributed by atoms with van der Waals surface area (Å²) in [5.74, 6) is -0.313. The number of hydrogen-bond donors (Lipinski definition) is 0. The summed E-state index contributed by atoms with van der Waals surface area (Å²) >= 11 is 0. The van der Waals surface area contributed by atoms with Crippen molar-refractivity contribution >= 4 is 0 Å². The van der Waals surface area contributed by atoms with E-state index < -0.39 is 0 Å². The minimum atomic E-state index is -0.313. The second-order valence-electron chi connectivity index (χ2n) is 3.13. The summed E-state index contributed by atoms with van der Waals surface area (Å²) in [4.78, 5) is 0. The molecule has 0 aliphatic heterocycles. The van der Waals surface area contributed by atoms with Gasteiger partial charge in [-0.2, -0.15) is 5.10 Å². The van der Waals surface area contributed by atoms with Crippen LogP contribution < -0.4 is 0 Å². The Kier molecular flexibility index (Phi) is 2.31. The van der Waals surface area contributed by atoms with Crippen LogP contribution in [-0.2, 0) is 6.42 Å². The van der Waals surface area contributed by atoms with Gasteiger partial charge in [0, 0.05) is 0 Å². The lowest BCUT2D eigenvalue weighted by atomic mass is 10.1. The predicted octanol–water partition coefficient (Wildman–Crippen LogP) is 2.57. The molecule has 0 atom stereocenters. The number of aromatic nitrogens is 2. The Morgan fingerprint density at radius 2 is 2.29 bits per heavy atom. The lowest BCUT2D eigenvalue weighted by Crippen LogP contribution is -1.94. The molecule has 0 bridgehead atoms. The Balaban J connectivity index is 2.41. The first-order valence-electron chi connectivity index (χ1n) is 4.59. The van der Waals surface area contributed by atoms with Gasteiger partial charge in [-0.3, -0.25) is 0 Å². The third kappa shape index (κ3) is 1.66. The SMILES string of the molecule is CCc1cccc(-n2cc(F)cn2)c1. The Morgan fingerprint density at radius 1 is 1.43 bits per heavy atom. The van der Waals surface area contributed by atoms with E-state index in [-0.39, 0.29) is 5.82 Å². The summed E-state index contributed by atoms with van der Waals surface area (Å²) in [6.45, 7) is 2.09. The third-order valence-electron chi connectivity index (χ3n) is 2.13. The van der Waals surface area contributed by atoms with E-state index in [0.717, 1.165) is 12.1 Å². The van der Waals surface area contributed by atoms with E-state index >= 15 is 0 Å². The molecule has 2 rings (SSSR count). The first kappa shape index (κ1) is 8.94. The highest BCUT2D eigenvalue weighted by atomic mass is 19.1. The van der Waals surface area contributed by atoms with Gasteiger partial charge in [-0.15, -0.1) is 0 Å². The molecule has 0 radical (unpaired) electrons. The first-order chi connectivity index (χ1) is 6.79. The average molecular weight is 190 g/mol. The van der Waals surface area contributed by atoms with Crippen LogP contribution in [-0.4, -0.2) is 9.78 Å². The van der Waals surface area contributed by atoms with Crippen LogP contribution in [0.4, 0.5) is 4.39 Å². The van der Waals surface area contributed by atoms with Gasteiger partial charge in [0.05, 0.1) is 18.1 Å². The van der Waals surface area contributed by atoms with Crippen LogP contribution in [0.2, 0.25) is 0 Å². The van der Waals surface area contributed by atoms with Gasteiger partial charge in [0.2, 0.25) is 0 Å². The lowest BCUT2D eigenvalue weighted by Gasteiger charge is -2.02. The highest BCUT2D eigenvalue weighted by Gasteiger charge is 1.99. The minimum absolute atomic E-state index is 0.313. The summed E-state index contributed by atoms with van der Waals surface area (Å²) in [6.07, 6.45) is 3.55. The minimum Gasteiger partial charge on any atom is -0.238 e. The molecule has 0 saturated carbocycles. The highest BCUT2D eigenvalue weighted by Crippen LogP contribution is 2.10. The normalized spacial score (nSPS) is 10.4. The van der Waals surface area contributed by atoms with E-state index in [9.17, 15) is 4.39 Å². The maximum atomic E-state index is 12.7. The summed E-state index contributed by atoms with van der Waals surface area (Å²) < 4.78 is 14.2. The second-order valence-corrected chi connectivity index (χ2v) is 3.13. The Morgan fingerprint density at radius 3 is 2.93 bits per heavy atom. The molecule has 0 fully saturated rings. The number of hydrogen-bond acceptors (Lipinski definition) is 1. The molecule has 0 saturated heterocycles. The molecule has 2 aromatic rings. The molecule has 2 nitrogen and oxygen atoms in total. The fraction of sp³-hybridized carbons (Fsp3) is 0.182. The van der Waals surface area contributed by atoms with Crippen LogP contribution in [0.1, 0.15) is 12.5 Å². The Labute approximate surface area is 82.0 Å². The van der Waals surface area contributed by atoms with Crippen molar-refractivity contribution in [3.63, 3.8) is 0 Å². The van der Waals surface area contributed by atoms with Crippen molar-refractivity contribution in [1.29, 1.82) is 0 Å². The monoisotopic (exact) mass is 190 g/mol. The number of nitrogens with zero attached hydrogens (tertiary/aromatic N) is 2. The van der Waals surface area contributed by atoms with Crippen molar-refractivity contribution in [2.45, 2.75) is 13.3 Å². The zero-order valence-corrected chi connectivity index (χ0v) is 7.94. The predicted molar refractivity (Wildman–Crippen MR) is 52.9 cm³/mol. The number of halogens is 1. The molecule has 0 spiro atoms. The van der Waals surface area contributed by atoms with Crippen LogP contribution in [0.5, 0.6) is 0 Å². The van der Waals surface area contributed by atoms with Gasteiger partial charge in [-0.25, -0.2) is 9.07 Å². The molecular formula is C11H11FN2. The zero-order chi connectivity index (χ0) is 9.97. The topological polar surface area (TPSA) is 17.8 Å². The van der Waals surface area contributed by atoms with Gasteiger partial charge in [-0.1, -0.05) is 19.1 Å². The standard InChI is InChI=1S/C11H11FN2/c1-2-9-4-3-5-11(6-9)14-8-10(12)7-13-14/h3-8H,2H2,1H3. The van der Waals surface area contributed by atoms with E-state index in [1.807, 2.05) is 24.3 Å². The quantitative estimate of drug-likeness (QED) is 0.711. The lowest BCUT2D eigenvalue weighted by molar-refractivity contribution is 0.627. The molecule has 1 heterocycles. The van der Waals surface area contributed by atoms with Crippen molar-refractivity contribution in [2.24, 2.45) is 0 Å².